The van der Waals surface area contributed by atoms with Crippen LogP contribution < -0.4 is 9.47 Å². The normalized spacial score (nSPS) is 11.9. The third-order valence-corrected chi connectivity index (χ3v) is 5.32. The Kier molecular flexibility index (Phi) is 9.31. The Balaban J connectivity index is 1.95. The standard InChI is InChI=1S/C24H28ClFO4/c1-4-5-6-7-8-17-9-12-19(13-10-17)29-23(27)18-11-14-21(20(26)15-18)30-24(28)22(25)16(2)3/h9-16,22H,4-8H2,1-3H3. The van der Waals surface area contributed by atoms with Gasteiger partial charge in [-0.25, -0.2) is 9.18 Å². The average molecular weight is 435 g/mol. The van der Waals surface area contributed by atoms with Gasteiger partial charge >= 0.3 is 11.9 Å². The molecule has 6 heteroatoms. The number of carbonyl (C=O) groups excluding carboxylic acids is 2. The van der Waals surface area contributed by atoms with Crippen molar-refractivity contribution in [3.8, 4) is 11.5 Å². The molecule has 1 unspecified atom stereocenters. The molecule has 0 spiro atoms. The van der Waals surface area contributed by atoms with E-state index in [0.29, 0.717) is 5.75 Å². The third kappa shape index (κ3) is 7.13. The first-order valence-corrected chi connectivity index (χ1v) is 10.7. The van der Waals surface area contributed by atoms with Gasteiger partial charge in [-0.3, -0.25) is 4.79 Å². The lowest BCUT2D eigenvalue weighted by Gasteiger charge is -2.13. The van der Waals surface area contributed by atoms with Crippen molar-refractivity contribution in [2.24, 2.45) is 5.92 Å². The van der Waals surface area contributed by atoms with E-state index in [1.807, 2.05) is 12.1 Å². The summed E-state index contributed by atoms with van der Waals surface area (Å²) < 4.78 is 24.6. The molecular formula is C24H28ClFO4. The summed E-state index contributed by atoms with van der Waals surface area (Å²) in [6, 6.07) is 10.8. The lowest BCUT2D eigenvalue weighted by atomic mass is 10.1. The summed E-state index contributed by atoms with van der Waals surface area (Å²) in [6.07, 6.45) is 5.75. The number of halogens is 2. The molecule has 0 radical (unpaired) electrons. The van der Waals surface area contributed by atoms with Crippen LogP contribution in [-0.4, -0.2) is 17.3 Å². The minimum absolute atomic E-state index is 0.0159. The van der Waals surface area contributed by atoms with Gasteiger partial charge in [-0.2, -0.15) is 0 Å². The van der Waals surface area contributed by atoms with E-state index >= 15 is 0 Å². The summed E-state index contributed by atoms with van der Waals surface area (Å²) in [6.45, 7) is 5.69. The second kappa shape index (κ2) is 11.7. The highest BCUT2D eigenvalue weighted by molar-refractivity contribution is 6.30. The smallest absolute Gasteiger partial charge is 0.343 e. The summed E-state index contributed by atoms with van der Waals surface area (Å²) in [5, 5.41) is -0.886. The number of hydrogen-bond acceptors (Lipinski definition) is 4. The van der Waals surface area contributed by atoms with Crippen LogP contribution in [0.5, 0.6) is 11.5 Å². The van der Waals surface area contributed by atoms with E-state index in [2.05, 4.69) is 6.92 Å². The van der Waals surface area contributed by atoms with E-state index in [-0.39, 0.29) is 17.2 Å². The van der Waals surface area contributed by atoms with Crippen molar-refractivity contribution in [2.45, 2.75) is 58.3 Å². The maximum absolute atomic E-state index is 14.3. The first-order chi connectivity index (χ1) is 14.3. The van der Waals surface area contributed by atoms with Crippen molar-refractivity contribution in [1.29, 1.82) is 0 Å². The van der Waals surface area contributed by atoms with E-state index in [1.54, 1.807) is 26.0 Å². The van der Waals surface area contributed by atoms with Crippen molar-refractivity contribution in [2.75, 3.05) is 0 Å². The van der Waals surface area contributed by atoms with Crippen LogP contribution in [0.15, 0.2) is 42.5 Å². The zero-order valence-electron chi connectivity index (χ0n) is 17.6. The number of benzene rings is 2. The Morgan fingerprint density at radius 1 is 1.00 bits per heavy atom. The molecule has 0 heterocycles. The van der Waals surface area contributed by atoms with Gasteiger partial charge in [0.25, 0.3) is 0 Å². The predicted molar refractivity (Wildman–Crippen MR) is 116 cm³/mol. The maximum Gasteiger partial charge on any atom is 0.343 e. The number of aryl methyl sites for hydroxylation is 1. The van der Waals surface area contributed by atoms with E-state index < -0.39 is 23.1 Å². The minimum Gasteiger partial charge on any atom is -0.423 e. The fourth-order valence-corrected chi connectivity index (χ4v) is 2.84. The number of carbonyl (C=O) groups is 2. The van der Waals surface area contributed by atoms with Crippen LogP contribution in [0.4, 0.5) is 4.39 Å². The zero-order valence-corrected chi connectivity index (χ0v) is 18.4. The van der Waals surface area contributed by atoms with Crippen molar-refractivity contribution in [3.63, 3.8) is 0 Å². The van der Waals surface area contributed by atoms with Crippen LogP contribution in [0.2, 0.25) is 0 Å². The lowest BCUT2D eigenvalue weighted by Crippen LogP contribution is -2.25. The molecule has 0 aliphatic rings. The van der Waals surface area contributed by atoms with Crippen molar-refractivity contribution in [1.82, 2.24) is 0 Å². The predicted octanol–water partition coefficient (Wildman–Crippen LogP) is 6.34. The van der Waals surface area contributed by atoms with Crippen LogP contribution in [-0.2, 0) is 11.2 Å². The first-order valence-electron chi connectivity index (χ1n) is 10.3. The Morgan fingerprint density at radius 3 is 2.30 bits per heavy atom. The molecule has 0 amide bonds. The molecule has 0 saturated heterocycles. The summed E-state index contributed by atoms with van der Waals surface area (Å²) >= 11 is 5.92. The lowest BCUT2D eigenvalue weighted by molar-refractivity contribution is -0.134. The highest BCUT2D eigenvalue weighted by atomic mass is 35.5. The molecule has 0 aliphatic carbocycles. The molecule has 1 atom stereocenters. The molecular weight excluding hydrogens is 407 g/mol. The van der Waals surface area contributed by atoms with Crippen LogP contribution in [0.25, 0.3) is 0 Å². The molecule has 0 N–H and O–H groups in total. The molecule has 162 valence electrons. The minimum atomic E-state index is -0.886. The van der Waals surface area contributed by atoms with Crippen molar-refractivity contribution >= 4 is 23.5 Å². The van der Waals surface area contributed by atoms with E-state index in [0.717, 1.165) is 18.9 Å². The van der Waals surface area contributed by atoms with E-state index in [9.17, 15) is 14.0 Å². The number of rotatable bonds is 10. The molecule has 0 bridgehead atoms. The zero-order chi connectivity index (χ0) is 22.1. The summed E-state index contributed by atoms with van der Waals surface area (Å²) in [7, 11) is 0. The van der Waals surface area contributed by atoms with Crippen molar-refractivity contribution < 1.29 is 23.5 Å². The number of alkyl halides is 1. The number of hydrogen-bond donors (Lipinski definition) is 0. The Labute approximate surface area is 182 Å². The van der Waals surface area contributed by atoms with Crippen LogP contribution in [0, 0.1) is 11.7 Å². The average Bonchev–Trinajstić information content (AvgIpc) is 2.73. The summed E-state index contributed by atoms with van der Waals surface area (Å²) in [4.78, 5) is 24.2. The fourth-order valence-electron chi connectivity index (χ4n) is 2.79. The Bertz CT molecular complexity index is 849. The number of esters is 2. The second-order valence-corrected chi connectivity index (χ2v) is 8.03. The van der Waals surface area contributed by atoms with Crippen LogP contribution in [0.1, 0.15) is 62.4 Å². The molecule has 4 nitrogen and oxygen atoms in total. The molecule has 2 aromatic carbocycles. The molecule has 2 rings (SSSR count). The van der Waals surface area contributed by atoms with Crippen molar-refractivity contribution in [3.05, 3.63) is 59.4 Å². The van der Waals surface area contributed by atoms with Gasteiger partial charge in [-0.1, -0.05) is 52.2 Å². The van der Waals surface area contributed by atoms with Gasteiger partial charge in [0, 0.05) is 0 Å². The SMILES string of the molecule is CCCCCCc1ccc(OC(=O)c2ccc(OC(=O)C(Cl)C(C)C)c(F)c2)cc1. The van der Waals surface area contributed by atoms with Crippen LogP contribution >= 0.6 is 11.6 Å². The summed E-state index contributed by atoms with van der Waals surface area (Å²) in [5.74, 6) is -2.33. The first kappa shape index (κ1) is 23.9. The molecule has 0 aromatic heterocycles. The molecule has 2 aromatic rings. The molecule has 0 saturated carbocycles. The quantitative estimate of drug-likeness (QED) is 0.189. The monoisotopic (exact) mass is 434 g/mol. The van der Waals surface area contributed by atoms with Gasteiger partial charge in [0.1, 0.15) is 11.1 Å². The van der Waals surface area contributed by atoms with Gasteiger partial charge in [0.15, 0.2) is 11.6 Å². The highest BCUT2D eigenvalue weighted by Crippen LogP contribution is 2.22. The topological polar surface area (TPSA) is 52.6 Å². The molecule has 0 aliphatic heterocycles. The maximum atomic E-state index is 14.3. The number of unbranched alkanes of at least 4 members (excludes halogenated alkanes) is 3. The van der Waals surface area contributed by atoms with Gasteiger partial charge in [-0.15, -0.1) is 11.6 Å². The molecule has 0 fully saturated rings. The van der Waals surface area contributed by atoms with Gasteiger partial charge in [0.2, 0.25) is 0 Å². The molecule has 30 heavy (non-hydrogen) atoms. The Morgan fingerprint density at radius 2 is 1.70 bits per heavy atom. The van der Waals surface area contributed by atoms with E-state index in [4.69, 9.17) is 21.1 Å². The fraction of sp³-hybridized carbons (Fsp3) is 0.417. The van der Waals surface area contributed by atoms with Crippen LogP contribution in [0.3, 0.4) is 0 Å². The van der Waals surface area contributed by atoms with Gasteiger partial charge in [0.05, 0.1) is 5.56 Å². The Hall–Kier alpha value is -2.40. The third-order valence-electron chi connectivity index (χ3n) is 4.64. The summed E-state index contributed by atoms with van der Waals surface area (Å²) in [5.41, 5.74) is 1.20. The number of ether oxygens (including phenoxy) is 2. The van der Waals surface area contributed by atoms with Gasteiger partial charge < -0.3 is 9.47 Å². The highest BCUT2D eigenvalue weighted by Gasteiger charge is 2.23. The second-order valence-electron chi connectivity index (χ2n) is 7.56. The largest absolute Gasteiger partial charge is 0.423 e. The van der Waals surface area contributed by atoms with E-state index in [1.165, 1.54) is 37.0 Å². The van der Waals surface area contributed by atoms with Gasteiger partial charge in [-0.05, 0) is 54.7 Å².